The zero-order valence-electron chi connectivity index (χ0n) is 9.57. The molecule has 0 amide bonds. The second kappa shape index (κ2) is 5.31. The molecule has 0 aliphatic carbocycles. The molecule has 86 valence electrons. The number of rotatable bonds is 5. The predicted octanol–water partition coefficient (Wildman–Crippen LogP) is 2.95. The van der Waals surface area contributed by atoms with Crippen LogP contribution >= 0.6 is 0 Å². The summed E-state index contributed by atoms with van der Waals surface area (Å²) in [7, 11) is 0. The van der Waals surface area contributed by atoms with Gasteiger partial charge in [0, 0.05) is 23.5 Å². The molecule has 1 N–H and O–H groups in total. The van der Waals surface area contributed by atoms with E-state index < -0.39 is 0 Å². The topological polar surface area (TPSA) is 56.6 Å². The van der Waals surface area contributed by atoms with Crippen molar-refractivity contribution in [2.45, 2.75) is 25.7 Å². The molecule has 0 spiro atoms. The summed E-state index contributed by atoms with van der Waals surface area (Å²) in [5, 5.41) is 9.99. The van der Waals surface area contributed by atoms with Crippen LogP contribution in [0.3, 0.4) is 0 Å². The molecule has 0 aliphatic rings. The Balaban J connectivity index is 2.17. The lowest BCUT2D eigenvalue weighted by atomic mass is 10.0. The fraction of sp³-hybridized carbons (Fsp3) is 0.286. The molecule has 17 heavy (non-hydrogen) atoms. The minimum Gasteiger partial charge on any atom is -0.361 e. The van der Waals surface area contributed by atoms with Crippen molar-refractivity contribution in [3.8, 4) is 6.07 Å². The summed E-state index contributed by atoms with van der Waals surface area (Å²) in [4.78, 5) is 13.4. The Morgan fingerprint density at radius 3 is 3.00 bits per heavy atom. The second-order valence-corrected chi connectivity index (χ2v) is 4.10. The summed E-state index contributed by atoms with van der Waals surface area (Å²) in [5.41, 5.74) is 2.98. The normalized spacial score (nSPS) is 10.3. The molecule has 0 bridgehead atoms. The molecule has 0 atom stereocenters. The van der Waals surface area contributed by atoms with Crippen LogP contribution in [-0.2, 0) is 11.2 Å². The van der Waals surface area contributed by atoms with Gasteiger partial charge in [0.1, 0.15) is 6.29 Å². The van der Waals surface area contributed by atoms with Crippen LogP contribution in [0.2, 0.25) is 0 Å². The van der Waals surface area contributed by atoms with Crippen molar-refractivity contribution in [1.29, 1.82) is 5.26 Å². The predicted molar refractivity (Wildman–Crippen MR) is 66.6 cm³/mol. The Hall–Kier alpha value is -2.08. The number of aldehydes is 1. The van der Waals surface area contributed by atoms with E-state index in [1.165, 1.54) is 5.56 Å². The van der Waals surface area contributed by atoms with Gasteiger partial charge in [0.05, 0.1) is 11.6 Å². The number of carbonyl (C=O) groups excluding carboxylic acids is 1. The van der Waals surface area contributed by atoms with Crippen LogP contribution < -0.4 is 0 Å². The lowest BCUT2D eigenvalue weighted by Crippen LogP contribution is -1.85. The summed E-state index contributed by atoms with van der Waals surface area (Å²) in [6.45, 7) is 0. The number of hydrogen-bond donors (Lipinski definition) is 1. The quantitative estimate of drug-likeness (QED) is 0.629. The maximum atomic E-state index is 10.2. The Bertz CT molecular complexity index is 563. The Morgan fingerprint density at radius 1 is 1.35 bits per heavy atom. The highest BCUT2D eigenvalue weighted by Gasteiger charge is 2.04. The number of unbranched alkanes of at least 4 members (excludes halogenated alkanes) is 2. The number of aromatic nitrogens is 1. The first-order valence-corrected chi connectivity index (χ1v) is 5.79. The van der Waals surface area contributed by atoms with Gasteiger partial charge in [-0.2, -0.15) is 5.26 Å². The van der Waals surface area contributed by atoms with Crippen LogP contribution in [-0.4, -0.2) is 11.3 Å². The van der Waals surface area contributed by atoms with E-state index in [1.807, 2.05) is 24.4 Å². The molecule has 3 heteroatoms. The molecule has 2 rings (SSSR count). The molecule has 0 saturated carbocycles. The number of nitrogens with one attached hydrogen (secondary N) is 1. The third-order valence-corrected chi connectivity index (χ3v) is 2.91. The molecule has 2 aromatic rings. The summed E-state index contributed by atoms with van der Waals surface area (Å²) in [6, 6.07) is 7.82. The molecule has 0 aliphatic heterocycles. The lowest BCUT2D eigenvalue weighted by molar-refractivity contribution is -0.107. The maximum absolute atomic E-state index is 10.2. The number of H-pyrrole nitrogens is 1. The van der Waals surface area contributed by atoms with E-state index in [-0.39, 0.29) is 0 Å². The number of nitriles is 1. The van der Waals surface area contributed by atoms with Gasteiger partial charge in [-0.25, -0.2) is 0 Å². The van der Waals surface area contributed by atoms with Gasteiger partial charge in [0.15, 0.2) is 0 Å². The van der Waals surface area contributed by atoms with Crippen molar-refractivity contribution in [2.75, 3.05) is 0 Å². The van der Waals surface area contributed by atoms with Gasteiger partial charge >= 0.3 is 0 Å². The van der Waals surface area contributed by atoms with E-state index in [9.17, 15) is 4.79 Å². The van der Waals surface area contributed by atoms with Gasteiger partial charge in [-0.1, -0.05) is 0 Å². The van der Waals surface area contributed by atoms with E-state index in [0.29, 0.717) is 12.0 Å². The zero-order chi connectivity index (χ0) is 12.1. The Kier molecular flexibility index (Phi) is 3.56. The molecule has 0 fully saturated rings. The van der Waals surface area contributed by atoms with Crippen LogP contribution in [0.15, 0.2) is 24.4 Å². The number of nitrogens with zero attached hydrogens (tertiary/aromatic N) is 1. The first-order valence-electron chi connectivity index (χ1n) is 5.79. The summed E-state index contributed by atoms with van der Waals surface area (Å²) >= 11 is 0. The third-order valence-electron chi connectivity index (χ3n) is 2.91. The Morgan fingerprint density at radius 2 is 2.24 bits per heavy atom. The maximum Gasteiger partial charge on any atom is 0.119 e. The fourth-order valence-electron chi connectivity index (χ4n) is 2.00. The van der Waals surface area contributed by atoms with Crippen LogP contribution in [0.4, 0.5) is 0 Å². The van der Waals surface area contributed by atoms with Crippen molar-refractivity contribution >= 4 is 17.2 Å². The largest absolute Gasteiger partial charge is 0.361 e. The minimum absolute atomic E-state index is 0.631. The van der Waals surface area contributed by atoms with Gasteiger partial charge in [0.2, 0.25) is 0 Å². The van der Waals surface area contributed by atoms with Crippen molar-refractivity contribution in [1.82, 2.24) is 4.98 Å². The molecule has 0 unspecified atom stereocenters. The van der Waals surface area contributed by atoms with E-state index in [1.54, 1.807) is 0 Å². The van der Waals surface area contributed by atoms with Gasteiger partial charge in [0.25, 0.3) is 0 Å². The number of benzene rings is 1. The van der Waals surface area contributed by atoms with Gasteiger partial charge in [-0.15, -0.1) is 0 Å². The average molecular weight is 226 g/mol. The van der Waals surface area contributed by atoms with Crippen LogP contribution in [0, 0.1) is 11.3 Å². The number of hydrogen-bond acceptors (Lipinski definition) is 2. The van der Waals surface area contributed by atoms with Crippen LogP contribution in [0.1, 0.15) is 30.4 Å². The van der Waals surface area contributed by atoms with Gasteiger partial charge in [-0.3, -0.25) is 0 Å². The number of aryl methyl sites for hydroxylation is 1. The third kappa shape index (κ3) is 2.54. The average Bonchev–Trinajstić information content (AvgIpc) is 2.77. The summed E-state index contributed by atoms with van der Waals surface area (Å²) in [6.07, 6.45) is 6.46. The highest BCUT2D eigenvalue weighted by Crippen LogP contribution is 2.21. The standard InChI is InChI=1S/C14H14N2O/c15-9-11-5-6-14-13(8-11)12(10-16-14)4-2-1-3-7-17/h5-8,10,16H,1-4H2. The Labute approximate surface area is 100 Å². The van der Waals surface area contributed by atoms with E-state index in [2.05, 4.69) is 11.1 Å². The minimum atomic E-state index is 0.631. The number of carbonyl (C=O) groups is 1. The molecule has 1 heterocycles. The van der Waals surface area contributed by atoms with Gasteiger partial charge < -0.3 is 9.78 Å². The lowest BCUT2D eigenvalue weighted by Gasteiger charge is -1.98. The monoisotopic (exact) mass is 226 g/mol. The molecular formula is C14H14N2O. The summed E-state index contributed by atoms with van der Waals surface area (Å²) < 4.78 is 0. The smallest absolute Gasteiger partial charge is 0.119 e. The van der Waals surface area contributed by atoms with Crippen molar-refractivity contribution < 1.29 is 4.79 Å². The van der Waals surface area contributed by atoms with Crippen molar-refractivity contribution in [2.24, 2.45) is 0 Å². The van der Waals surface area contributed by atoms with Gasteiger partial charge in [-0.05, 0) is 43.0 Å². The summed E-state index contributed by atoms with van der Waals surface area (Å²) in [5.74, 6) is 0. The van der Waals surface area contributed by atoms with E-state index in [4.69, 9.17) is 5.26 Å². The second-order valence-electron chi connectivity index (χ2n) is 4.10. The molecule has 0 saturated heterocycles. The number of fused-ring (bicyclic) bond motifs is 1. The highest BCUT2D eigenvalue weighted by atomic mass is 16.1. The van der Waals surface area contributed by atoms with Crippen molar-refractivity contribution in [3.63, 3.8) is 0 Å². The molecule has 1 aromatic carbocycles. The zero-order valence-corrected chi connectivity index (χ0v) is 9.57. The molecule has 3 nitrogen and oxygen atoms in total. The first-order chi connectivity index (χ1) is 8.35. The molecule has 1 aromatic heterocycles. The van der Waals surface area contributed by atoms with E-state index in [0.717, 1.165) is 36.5 Å². The van der Waals surface area contributed by atoms with Crippen LogP contribution in [0.25, 0.3) is 10.9 Å². The van der Waals surface area contributed by atoms with Crippen LogP contribution in [0.5, 0.6) is 0 Å². The highest BCUT2D eigenvalue weighted by molar-refractivity contribution is 5.84. The molecular weight excluding hydrogens is 212 g/mol. The first kappa shape index (κ1) is 11.4. The SMILES string of the molecule is N#Cc1ccc2[nH]cc(CCCCC=O)c2c1. The molecule has 0 radical (unpaired) electrons. The number of aromatic amines is 1. The fourth-order valence-corrected chi connectivity index (χ4v) is 2.00. The van der Waals surface area contributed by atoms with Crippen molar-refractivity contribution in [3.05, 3.63) is 35.5 Å². The van der Waals surface area contributed by atoms with E-state index >= 15 is 0 Å².